The lowest BCUT2D eigenvalue weighted by Gasteiger charge is -2.14. The second-order valence-electron chi connectivity index (χ2n) is 8.13. The summed E-state index contributed by atoms with van der Waals surface area (Å²) < 4.78 is 20.1. The van der Waals surface area contributed by atoms with Gasteiger partial charge in [-0.2, -0.15) is 0 Å². The minimum atomic E-state index is -0.444. The lowest BCUT2D eigenvalue weighted by atomic mass is 10.1. The molecule has 9 nitrogen and oxygen atoms in total. The van der Waals surface area contributed by atoms with Crippen LogP contribution in [0.15, 0.2) is 18.2 Å². The third kappa shape index (κ3) is 10.6. The van der Waals surface area contributed by atoms with Crippen LogP contribution in [0.2, 0.25) is 0 Å². The number of aldehydes is 1. The molecule has 0 spiro atoms. The third-order valence-electron chi connectivity index (χ3n) is 4.29. The second kappa shape index (κ2) is 13.3. The molecule has 176 valence electrons. The van der Waals surface area contributed by atoms with Crippen LogP contribution in [0, 0.1) is 0 Å². The van der Waals surface area contributed by atoms with Gasteiger partial charge in [-0.15, -0.1) is 0 Å². The molecule has 0 radical (unpaired) electrons. The maximum absolute atomic E-state index is 10.2. The first-order valence-corrected chi connectivity index (χ1v) is 10.3. The zero-order valence-corrected chi connectivity index (χ0v) is 19.0. The molecule has 2 aliphatic rings. The third-order valence-corrected chi connectivity index (χ3v) is 4.29. The van der Waals surface area contributed by atoms with Crippen molar-refractivity contribution in [3.8, 4) is 11.5 Å². The minimum absolute atomic E-state index is 0.215. The first-order valence-electron chi connectivity index (χ1n) is 10.3. The highest BCUT2D eigenvalue weighted by Gasteiger charge is 2.57. The van der Waals surface area contributed by atoms with Crippen molar-refractivity contribution in [1.82, 2.24) is 4.90 Å². The molecule has 0 aliphatic carbocycles. The van der Waals surface area contributed by atoms with Gasteiger partial charge in [0.05, 0.1) is 19.8 Å². The van der Waals surface area contributed by atoms with Crippen molar-refractivity contribution in [3.05, 3.63) is 23.8 Å². The van der Waals surface area contributed by atoms with Crippen molar-refractivity contribution >= 4 is 12.8 Å². The molecular weight excluding hydrogens is 404 g/mol. The summed E-state index contributed by atoms with van der Waals surface area (Å²) in [6.07, 6.45) is 2.46. The van der Waals surface area contributed by atoms with Crippen LogP contribution < -0.4 is 10.5 Å². The number of carbonyl (C=O) groups is 2. The topological polar surface area (TPSA) is 120 Å². The van der Waals surface area contributed by atoms with Gasteiger partial charge in [0.1, 0.15) is 17.1 Å². The van der Waals surface area contributed by atoms with Gasteiger partial charge >= 0.3 is 0 Å². The predicted octanol–water partition coefficient (Wildman–Crippen LogP) is 1.49. The number of phenols is 1. The van der Waals surface area contributed by atoms with Gasteiger partial charge in [0.2, 0.25) is 0 Å². The maximum atomic E-state index is 10.2. The first kappa shape index (κ1) is 26.8. The summed E-state index contributed by atoms with van der Waals surface area (Å²) in [5.74, 6) is 0.896. The fourth-order valence-corrected chi connectivity index (χ4v) is 2.70. The number of nitrogens with zero attached hydrogens (tertiary/aromatic N) is 1. The molecule has 9 heteroatoms. The molecule has 2 fully saturated rings. The number of ether oxygens (including phenoxy) is 4. The Kier molecular flexibility index (Phi) is 11.5. The van der Waals surface area contributed by atoms with Crippen LogP contribution in [0.3, 0.4) is 0 Å². The summed E-state index contributed by atoms with van der Waals surface area (Å²) >= 11 is 0. The highest BCUT2D eigenvalue weighted by molar-refractivity contribution is 5.67. The Balaban J connectivity index is 0.000000265. The van der Waals surface area contributed by atoms with E-state index >= 15 is 0 Å². The number of nitrogens with two attached hydrogens (primary N) is 1. The van der Waals surface area contributed by atoms with Crippen LogP contribution in [0.4, 0.5) is 0 Å². The van der Waals surface area contributed by atoms with Crippen molar-refractivity contribution in [2.45, 2.75) is 44.9 Å². The minimum Gasteiger partial charge on any atom is -0.508 e. The number of morpholine rings is 1. The van der Waals surface area contributed by atoms with Crippen LogP contribution >= 0.6 is 0 Å². The number of fused-ring (bicyclic) bond motifs is 1. The van der Waals surface area contributed by atoms with Gasteiger partial charge in [-0.05, 0) is 51.4 Å². The molecular formula is C22H36N2O7. The number of rotatable bonds is 9. The van der Waals surface area contributed by atoms with Crippen molar-refractivity contribution in [2.24, 2.45) is 5.73 Å². The zero-order valence-electron chi connectivity index (χ0n) is 19.0. The Morgan fingerprint density at radius 1 is 1.26 bits per heavy atom. The highest BCUT2D eigenvalue weighted by atomic mass is 16.6. The molecule has 2 aliphatic heterocycles. The lowest BCUT2D eigenvalue weighted by molar-refractivity contribution is -0.138. The number of carbonyl (C=O) groups excluding carboxylic acids is 2. The molecule has 0 bridgehead atoms. The van der Waals surface area contributed by atoms with Crippen LogP contribution in [-0.2, 0) is 30.2 Å². The molecule has 3 N–H and O–H groups in total. The Morgan fingerprint density at radius 3 is 2.42 bits per heavy atom. The van der Waals surface area contributed by atoms with E-state index in [9.17, 15) is 14.7 Å². The molecule has 2 unspecified atom stereocenters. The summed E-state index contributed by atoms with van der Waals surface area (Å²) in [4.78, 5) is 21.8. The predicted molar refractivity (Wildman–Crippen MR) is 116 cm³/mol. The van der Waals surface area contributed by atoms with Crippen molar-refractivity contribution in [3.63, 3.8) is 0 Å². The number of methoxy groups -OCH3 is 1. The molecule has 2 atom stereocenters. The Morgan fingerprint density at radius 2 is 2.00 bits per heavy atom. The van der Waals surface area contributed by atoms with Crippen molar-refractivity contribution in [1.29, 1.82) is 0 Å². The summed E-state index contributed by atoms with van der Waals surface area (Å²) in [6, 6.07) is 5.21. The lowest BCUT2D eigenvalue weighted by Crippen LogP contribution is -2.17. The molecule has 3 rings (SSSR count). The number of hydrogen-bond donors (Lipinski definition) is 2. The highest BCUT2D eigenvalue weighted by Crippen LogP contribution is 2.35. The Bertz CT molecular complexity index is 678. The zero-order chi connectivity index (χ0) is 23.3. The summed E-state index contributed by atoms with van der Waals surface area (Å²) in [5.41, 5.74) is 5.69. The average Bonchev–Trinajstić information content (AvgIpc) is 3.25. The number of aromatic hydroxyl groups is 1. The van der Waals surface area contributed by atoms with E-state index in [0.717, 1.165) is 44.4 Å². The number of hydrogen-bond acceptors (Lipinski definition) is 9. The average molecular weight is 441 g/mol. The van der Waals surface area contributed by atoms with Gasteiger partial charge in [-0.3, -0.25) is 14.5 Å². The first-order chi connectivity index (χ1) is 14.7. The van der Waals surface area contributed by atoms with E-state index in [1.807, 2.05) is 31.7 Å². The van der Waals surface area contributed by atoms with Gasteiger partial charge in [-0.1, -0.05) is 0 Å². The molecule has 0 aromatic heterocycles. The summed E-state index contributed by atoms with van der Waals surface area (Å²) in [7, 11) is 1.66. The fraction of sp³-hybridized carbons (Fsp3) is 0.636. The Labute approximate surface area is 184 Å². The molecule has 0 saturated carbocycles. The molecule has 1 aromatic rings. The van der Waals surface area contributed by atoms with Crippen LogP contribution in [-0.4, -0.2) is 80.7 Å². The standard InChI is InChI=1S/C12H19NO3.C5H7NO2.C5H10O2/c1-15-5-2-6-16-12-8-10(3-4-13)7-11(14)9-12;7-4-5-3-6(5)1-2-8-5;1-5(2,3)7-4-6/h7-9,14H,2-6,13H2,1H3;4H,1-3H2;4H,1-3H3. The number of phenolic OH excluding ortho intramolecular Hbond substituents is 1. The van der Waals surface area contributed by atoms with Crippen LogP contribution in [0.5, 0.6) is 11.5 Å². The van der Waals surface area contributed by atoms with E-state index in [-0.39, 0.29) is 11.4 Å². The second-order valence-corrected chi connectivity index (χ2v) is 8.13. The van der Waals surface area contributed by atoms with Gasteiger partial charge in [-0.25, -0.2) is 0 Å². The monoisotopic (exact) mass is 440 g/mol. The van der Waals surface area contributed by atoms with Gasteiger partial charge in [0, 0.05) is 32.7 Å². The van der Waals surface area contributed by atoms with Gasteiger partial charge < -0.3 is 29.8 Å². The number of benzene rings is 1. The fourth-order valence-electron chi connectivity index (χ4n) is 2.70. The molecule has 2 saturated heterocycles. The van der Waals surface area contributed by atoms with Gasteiger partial charge in [0.15, 0.2) is 12.0 Å². The molecule has 2 heterocycles. The SMILES string of the molecule is CC(C)(C)OC=O.COCCCOc1cc(O)cc(CCN)c1.O=CC12CN1CCO2. The van der Waals surface area contributed by atoms with E-state index in [2.05, 4.69) is 4.74 Å². The maximum Gasteiger partial charge on any atom is 0.293 e. The van der Waals surface area contributed by atoms with Crippen molar-refractivity contribution < 1.29 is 33.6 Å². The molecule has 0 amide bonds. The van der Waals surface area contributed by atoms with Crippen molar-refractivity contribution in [2.75, 3.05) is 46.6 Å². The van der Waals surface area contributed by atoms with E-state index in [4.69, 9.17) is 19.9 Å². The quantitative estimate of drug-likeness (QED) is 0.334. The van der Waals surface area contributed by atoms with E-state index in [1.54, 1.807) is 19.2 Å². The summed E-state index contributed by atoms with van der Waals surface area (Å²) in [6.45, 7) is 10.2. The normalized spacial score (nSPS) is 20.9. The summed E-state index contributed by atoms with van der Waals surface area (Å²) in [5, 5.41) is 9.48. The largest absolute Gasteiger partial charge is 0.508 e. The van der Waals surface area contributed by atoms with Gasteiger partial charge in [0.25, 0.3) is 6.47 Å². The molecule has 1 aromatic carbocycles. The Hall–Kier alpha value is -2.20. The van der Waals surface area contributed by atoms with E-state index < -0.39 is 5.72 Å². The molecule has 31 heavy (non-hydrogen) atoms. The van der Waals surface area contributed by atoms with E-state index in [0.29, 0.717) is 32.0 Å². The van der Waals surface area contributed by atoms with Crippen LogP contribution in [0.1, 0.15) is 32.8 Å². The van der Waals surface area contributed by atoms with E-state index in [1.165, 1.54) is 0 Å². The van der Waals surface area contributed by atoms with Crippen LogP contribution in [0.25, 0.3) is 0 Å². The smallest absolute Gasteiger partial charge is 0.293 e.